The predicted molar refractivity (Wildman–Crippen MR) is 89.7 cm³/mol. The maximum atomic E-state index is 8.97. The normalized spacial score (nSPS) is 14.0. The molecule has 4 nitrogen and oxygen atoms in total. The number of hydrogen-bond acceptors (Lipinski definition) is 3. The van der Waals surface area contributed by atoms with Gasteiger partial charge in [-0.1, -0.05) is 17.8 Å². The highest BCUT2D eigenvalue weighted by Crippen LogP contribution is 2.40. The van der Waals surface area contributed by atoms with Crippen LogP contribution in [0.3, 0.4) is 0 Å². The summed E-state index contributed by atoms with van der Waals surface area (Å²) < 4.78 is 11.3. The third-order valence-corrected chi connectivity index (χ3v) is 4.38. The number of benzene rings is 1. The molecule has 0 bridgehead atoms. The van der Waals surface area contributed by atoms with Crippen LogP contribution in [0.25, 0.3) is 5.53 Å². The Morgan fingerprint density at radius 2 is 2.00 bits per heavy atom. The maximum Gasteiger partial charge on any atom is 0.296 e. The molecular formula is C17H20N2O2S. The number of nitrogens with zero attached hydrogens (tertiary/aromatic N) is 2. The summed E-state index contributed by atoms with van der Waals surface area (Å²) in [6, 6.07) is 5.83. The summed E-state index contributed by atoms with van der Waals surface area (Å²) in [7, 11) is 0. The van der Waals surface area contributed by atoms with E-state index in [1.165, 1.54) is 5.57 Å². The SMILES string of the molecule is CCOc1ccc(OCC)c(SC2=CC(=[N+]=[N-])CC=C2C)c1. The second kappa shape index (κ2) is 7.87. The van der Waals surface area contributed by atoms with E-state index in [2.05, 4.69) is 17.8 Å². The van der Waals surface area contributed by atoms with E-state index in [1.54, 1.807) is 11.8 Å². The van der Waals surface area contributed by atoms with Gasteiger partial charge in [0.2, 0.25) is 0 Å². The summed E-state index contributed by atoms with van der Waals surface area (Å²) in [5, 5.41) is 0. The van der Waals surface area contributed by atoms with Crippen molar-refractivity contribution in [1.29, 1.82) is 0 Å². The number of thioether (sulfide) groups is 1. The monoisotopic (exact) mass is 316 g/mol. The molecular weight excluding hydrogens is 296 g/mol. The van der Waals surface area contributed by atoms with Crippen LogP contribution < -0.4 is 9.47 Å². The summed E-state index contributed by atoms with van der Waals surface area (Å²) in [6.45, 7) is 7.22. The molecule has 0 saturated carbocycles. The van der Waals surface area contributed by atoms with Crippen molar-refractivity contribution >= 4 is 17.5 Å². The molecule has 0 atom stereocenters. The highest BCUT2D eigenvalue weighted by molar-refractivity contribution is 8.03. The Bertz CT molecular complexity index is 659. The van der Waals surface area contributed by atoms with Gasteiger partial charge in [-0.3, -0.25) is 0 Å². The Morgan fingerprint density at radius 1 is 1.23 bits per heavy atom. The van der Waals surface area contributed by atoms with Gasteiger partial charge in [0.05, 0.1) is 24.5 Å². The van der Waals surface area contributed by atoms with Crippen molar-refractivity contribution in [3.05, 3.63) is 46.4 Å². The molecule has 0 amide bonds. The topological polar surface area (TPSA) is 54.9 Å². The molecule has 0 aromatic heterocycles. The van der Waals surface area contributed by atoms with E-state index in [0.717, 1.165) is 21.3 Å². The third kappa shape index (κ3) is 4.03. The quantitative estimate of drug-likeness (QED) is 0.574. The van der Waals surface area contributed by atoms with Crippen LogP contribution in [-0.4, -0.2) is 23.7 Å². The Hall–Kier alpha value is -1.97. The van der Waals surface area contributed by atoms with Crippen molar-refractivity contribution in [1.82, 2.24) is 0 Å². The molecule has 0 aliphatic heterocycles. The third-order valence-electron chi connectivity index (χ3n) is 3.18. The van der Waals surface area contributed by atoms with Gasteiger partial charge in [-0.2, -0.15) is 4.79 Å². The van der Waals surface area contributed by atoms with Crippen LogP contribution in [0, 0.1) is 0 Å². The average molecular weight is 316 g/mol. The van der Waals surface area contributed by atoms with E-state index in [0.29, 0.717) is 25.3 Å². The molecule has 1 aliphatic rings. The lowest BCUT2D eigenvalue weighted by molar-refractivity contribution is -0.00542. The van der Waals surface area contributed by atoms with Gasteiger partial charge in [0.25, 0.3) is 5.71 Å². The van der Waals surface area contributed by atoms with E-state index >= 15 is 0 Å². The van der Waals surface area contributed by atoms with Crippen molar-refractivity contribution in [3.8, 4) is 11.5 Å². The molecule has 22 heavy (non-hydrogen) atoms. The fourth-order valence-corrected chi connectivity index (χ4v) is 3.16. The molecule has 1 aliphatic carbocycles. The van der Waals surface area contributed by atoms with Crippen molar-refractivity contribution in [2.45, 2.75) is 32.1 Å². The first kappa shape index (κ1) is 16.4. The number of allylic oxidation sites excluding steroid dienone is 3. The van der Waals surface area contributed by atoms with E-state index in [1.807, 2.05) is 38.1 Å². The summed E-state index contributed by atoms with van der Waals surface area (Å²) in [4.78, 5) is 5.35. The molecule has 5 heteroatoms. The minimum atomic E-state index is 0.610. The van der Waals surface area contributed by atoms with Crippen LogP contribution in [-0.2, 0) is 0 Å². The molecule has 0 spiro atoms. The molecule has 116 valence electrons. The van der Waals surface area contributed by atoms with Crippen molar-refractivity contribution in [2.24, 2.45) is 0 Å². The predicted octanol–water partition coefficient (Wildman–Crippen LogP) is 4.48. The number of ether oxygens (including phenoxy) is 2. The van der Waals surface area contributed by atoms with Gasteiger partial charge in [-0.15, -0.1) is 0 Å². The maximum absolute atomic E-state index is 8.97. The lowest BCUT2D eigenvalue weighted by Crippen LogP contribution is -2.02. The van der Waals surface area contributed by atoms with Crippen LogP contribution >= 0.6 is 11.8 Å². The van der Waals surface area contributed by atoms with Gasteiger partial charge in [-0.25, -0.2) is 0 Å². The standard InChI is InChI=1S/C17H20N2O2S/c1-4-20-14-8-9-15(21-5-2)17(11-14)22-16-10-13(19-18)7-6-12(16)3/h6,8-11H,4-5,7H2,1-3H3. The van der Waals surface area contributed by atoms with Crippen LogP contribution in [0.4, 0.5) is 0 Å². The molecule has 0 radical (unpaired) electrons. The molecule has 0 heterocycles. The van der Waals surface area contributed by atoms with E-state index in [4.69, 9.17) is 15.0 Å². The van der Waals surface area contributed by atoms with Gasteiger partial charge in [-0.05, 0) is 44.5 Å². The van der Waals surface area contributed by atoms with Gasteiger partial charge in [0.15, 0.2) is 0 Å². The lowest BCUT2D eigenvalue weighted by Gasteiger charge is -2.15. The van der Waals surface area contributed by atoms with Crippen LogP contribution in [0.2, 0.25) is 0 Å². The molecule has 0 unspecified atom stereocenters. The summed E-state index contributed by atoms with van der Waals surface area (Å²) >= 11 is 1.59. The smallest absolute Gasteiger partial charge is 0.296 e. The van der Waals surface area contributed by atoms with Gasteiger partial charge >= 0.3 is 0 Å². The number of hydrogen-bond donors (Lipinski definition) is 0. The zero-order valence-electron chi connectivity index (χ0n) is 13.1. The highest BCUT2D eigenvalue weighted by Gasteiger charge is 2.17. The van der Waals surface area contributed by atoms with Crippen LogP contribution in [0.15, 0.2) is 45.7 Å². The molecule has 0 fully saturated rings. The first-order valence-corrected chi connectivity index (χ1v) is 8.16. The Labute approximate surface area is 135 Å². The Morgan fingerprint density at radius 3 is 2.68 bits per heavy atom. The minimum absolute atomic E-state index is 0.610. The molecule has 0 N–H and O–H groups in total. The van der Waals surface area contributed by atoms with E-state index in [9.17, 15) is 0 Å². The van der Waals surface area contributed by atoms with Crippen molar-refractivity contribution < 1.29 is 14.3 Å². The second-order valence-corrected chi connectivity index (χ2v) is 5.85. The first-order chi connectivity index (χ1) is 10.7. The zero-order valence-corrected chi connectivity index (χ0v) is 13.9. The van der Waals surface area contributed by atoms with Crippen molar-refractivity contribution in [3.63, 3.8) is 0 Å². The van der Waals surface area contributed by atoms with Crippen molar-refractivity contribution in [2.75, 3.05) is 13.2 Å². The number of rotatable bonds is 6. The zero-order chi connectivity index (χ0) is 15.9. The second-order valence-electron chi connectivity index (χ2n) is 4.77. The Balaban J connectivity index is 2.33. The van der Waals surface area contributed by atoms with Gasteiger partial charge in [0, 0.05) is 11.0 Å². The minimum Gasteiger partial charge on any atom is -0.494 e. The summed E-state index contributed by atoms with van der Waals surface area (Å²) in [6.07, 6.45) is 4.62. The molecule has 0 saturated heterocycles. The lowest BCUT2D eigenvalue weighted by atomic mass is 10.1. The van der Waals surface area contributed by atoms with Crippen LogP contribution in [0.1, 0.15) is 27.2 Å². The summed E-state index contributed by atoms with van der Waals surface area (Å²) in [5.74, 6) is 1.65. The Kier molecular flexibility index (Phi) is 5.87. The van der Waals surface area contributed by atoms with Gasteiger partial charge in [0.1, 0.15) is 11.5 Å². The highest BCUT2D eigenvalue weighted by atomic mass is 32.2. The van der Waals surface area contributed by atoms with E-state index < -0.39 is 0 Å². The van der Waals surface area contributed by atoms with Crippen LogP contribution in [0.5, 0.6) is 11.5 Å². The van der Waals surface area contributed by atoms with Gasteiger partial charge < -0.3 is 15.0 Å². The fourth-order valence-electron chi connectivity index (χ4n) is 2.08. The molecule has 1 aromatic carbocycles. The fraction of sp³-hybridized carbons (Fsp3) is 0.353. The first-order valence-electron chi connectivity index (χ1n) is 7.35. The molecule has 1 aromatic rings. The van der Waals surface area contributed by atoms with E-state index in [-0.39, 0.29) is 0 Å². The largest absolute Gasteiger partial charge is 0.494 e. The average Bonchev–Trinajstić information content (AvgIpc) is 2.52. The summed E-state index contributed by atoms with van der Waals surface area (Å²) in [5.41, 5.74) is 10.8. The molecule has 2 rings (SSSR count).